The molecular weight excluding hydrogens is 310 g/mol. The quantitative estimate of drug-likeness (QED) is 0.792. The standard InChI is InChI=1S/C17H33NO4Si/c1-12(2)14-9-13(22-23(6,7)8)10-18(15(14)11-19)16(20)21-17(3,4)5/h9,12,14-15,19H,10-11H2,1-8H3/t14?,15-/m1/s1. The van der Waals surface area contributed by atoms with Crippen LogP contribution < -0.4 is 0 Å². The van der Waals surface area contributed by atoms with Crippen molar-refractivity contribution in [3.05, 3.63) is 11.8 Å². The third kappa shape index (κ3) is 6.18. The second-order valence-electron chi connectivity index (χ2n) is 8.53. The topological polar surface area (TPSA) is 59.0 Å². The highest BCUT2D eigenvalue weighted by molar-refractivity contribution is 6.70. The molecule has 1 rings (SSSR count). The van der Waals surface area contributed by atoms with Gasteiger partial charge in [0.1, 0.15) is 5.60 Å². The maximum atomic E-state index is 12.6. The Morgan fingerprint density at radius 2 is 1.96 bits per heavy atom. The Balaban J connectivity index is 3.09. The molecule has 1 amide bonds. The molecule has 0 bridgehead atoms. The Morgan fingerprint density at radius 3 is 2.35 bits per heavy atom. The summed E-state index contributed by atoms with van der Waals surface area (Å²) >= 11 is 0. The van der Waals surface area contributed by atoms with Crippen LogP contribution in [-0.4, -0.2) is 49.2 Å². The lowest BCUT2D eigenvalue weighted by atomic mass is 9.85. The minimum Gasteiger partial charge on any atom is -0.546 e. The number of hydrogen-bond acceptors (Lipinski definition) is 4. The van der Waals surface area contributed by atoms with Crippen LogP contribution in [0.25, 0.3) is 0 Å². The Kier molecular flexibility index (Phi) is 6.32. The van der Waals surface area contributed by atoms with Crippen molar-refractivity contribution in [2.24, 2.45) is 11.8 Å². The summed E-state index contributed by atoms with van der Waals surface area (Å²) in [5.74, 6) is 1.16. The zero-order valence-corrected chi connectivity index (χ0v) is 16.8. The van der Waals surface area contributed by atoms with E-state index < -0.39 is 20.0 Å². The first kappa shape index (κ1) is 20.0. The molecule has 134 valence electrons. The molecule has 0 spiro atoms. The van der Waals surface area contributed by atoms with Gasteiger partial charge in [-0.15, -0.1) is 0 Å². The van der Waals surface area contributed by atoms with E-state index in [9.17, 15) is 9.90 Å². The lowest BCUT2D eigenvalue weighted by molar-refractivity contribution is -0.00379. The number of hydrogen-bond donors (Lipinski definition) is 1. The lowest BCUT2D eigenvalue weighted by Crippen LogP contribution is -2.53. The van der Waals surface area contributed by atoms with Crippen molar-refractivity contribution < 1.29 is 19.1 Å². The zero-order chi connectivity index (χ0) is 18.0. The molecule has 0 saturated heterocycles. The van der Waals surface area contributed by atoms with Gasteiger partial charge in [-0.05, 0) is 52.4 Å². The summed E-state index contributed by atoms with van der Waals surface area (Å²) in [5, 5.41) is 9.84. The minimum atomic E-state index is -1.76. The van der Waals surface area contributed by atoms with Gasteiger partial charge in [0, 0.05) is 5.92 Å². The number of aliphatic hydroxyl groups is 1. The van der Waals surface area contributed by atoms with E-state index in [1.807, 2.05) is 20.8 Å². The largest absolute Gasteiger partial charge is 0.546 e. The summed E-state index contributed by atoms with van der Waals surface area (Å²) in [6.07, 6.45) is 1.69. The Morgan fingerprint density at radius 1 is 1.39 bits per heavy atom. The maximum absolute atomic E-state index is 12.6. The molecule has 0 saturated carbocycles. The Bertz CT molecular complexity index is 448. The molecule has 0 aromatic heterocycles. The van der Waals surface area contributed by atoms with Crippen LogP contribution in [0.2, 0.25) is 19.6 Å². The van der Waals surface area contributed by atoms with Crippen molar-refractivity contribution in [3.8, 4) is 0 Å². The number of ether oxygens (including phenoxy) is 1. The highest BCUT2D eigenvalue weighted by Crippen LogP contribution is 2.31. The van der Waals surface area contributed by atoms with E-state index >= 15 is 0 Å². The second-order valence-corrected chi connectivity index (χ2v) is 13.0. The first-order valence-electron chi connectivity index (χ1n) is 8.34. The molecule has 23 heavy (non-hydrogen) atoms. The summed E-state index contributed by atoms with van der Waals surface area (Å²) in [6.45, 7) is 16.3. The van der Waals surface area contributed by atoms with Crippen LogP contribution in [-0.2, 0) is 9.16 Å². The van der Waals surface area contributed by atoms with E-state index in [4.69, 9.17) is 9.16 Å². The van der Waals surface area contributed by atoms with Crippen LogP contribution in [0.15, 0.2) is 11.8 Å². The zero-order valence-electron chi connectivity index (χ0n) is 15.8. The lowest BCUT2D eigenvalue weighted by Gasteiger charge is -2.42. The Hall–Kier alpha value is -1.01. The van der Waals surface area contributed by atoms with E-state index in [1.54, 1.807) is 4.90 Å². The van der Waals surface area contributed by atoms with Crippen LogP contribution in [0.4, 0.5) is 4.79 Å². The van der Waals surface area contributed by atoms with E-state index in [1.165, 1.54) is 0 Å². The number of rotatable bonds is 4. The predicted octanol–water partition coefficient (Wildman–Crippen LogP) is 3.61. The van der Waals surface area contributed by atoms with Gasteiger partial charge in [-0.2, -0.15) is 0 Å². The van der Waals surface area contributed by atoms with Gasteiger partial charge in [-0.25, -0.2) is 4.79 Å². The molecule has 1 unspecified atom stereocenters. The van der Waals surface area contributed by atoms with Crippen molar-refractivity contribution in [2.75, 3.05) is 13.2 Å². The number of carbonyl (C=O) groups is 1. The molecule has 0 aromatic carbocycles. The average molecular weight is 344 g/mol. The van der Waals surface area contributed by atoms with E-state index in [0.29, 0.717) is 6.54 Å². The van der Waals surface area contributed by atoms with Crippen molar-refractivity contribution in [3.63, 3.8) is 0 Å². The average Bonchev–Trinajstić information content (AvgIpc) is 2.33. The van der Waals surface area contributed by atoms with Crippen LogP contribution in [0, 0.1) is 11.8 Å². The van der Waals surface area contributed by atoms with Crippen molar-refractivity contribution in [2.45, 2.75) is 65.9 Å². The van der Waals surface area contributed by atoms with Crippen LogP contribution >= 0.6 is 0 Å². The van der Waals surface area contributed by atoms with Crippen LogP contribution in [0.3, 0.4) is 0 Å². The molecule has 2 atom stereocenters. The van der Waals surface area contributed by atoms with E-state index in [2.05, 4.69) is 39.6 Å². The molecule has 0 radical (unpaired) electrons. The molecular formula is C17H33NO4Si. The highest BCUT2D eigenvalue weighted by atomic mass is 28.4. The smallest absolute Gasteiger partial charge is 0.411 e. The van der Waals surface area contributed by atoms with Gasteiger partial charge in [-0.1, -0.05) is 13.8 Å². The van der Waals surface area contributed by atoms with Crippen molar-refractivity contribution in [1.82, 2.24) is 4.90 Å². The SMILES string of the molecule is CC(C)C1C=C(O[Si](C)(C)C)CN(C(=O)OC(C)(C)C)[C@@H]1CO. The van der Waals surface area contributed by atoms with Gasteiger partial charge in [0.2, 0.25) is 8.32 Å². The molecule has 1 aliphatic heterocycles. The van der Waals surface area contributed by atoms with Gasteiger partial charge in [-0.3, -0.25) is 4.90 Å². The predicted molar refractivity (Wildman–Crippen MR) is 94.7 cm³/mol. The summed E-state index contributed by atoms with van der Waals surface area (Å²) < 4.78 is 11.7. The number of carbonyl (C=O) groups excluding carboxylic acids is 1. The fraction of sp³-hybridized carbons (Fsp3) is 0.824. The third-order valence-electron chi connectivity index (χ3n) is 3.57. The van der Waals surface area contributed by atoms with Gasteiger partial charge < -0.3 is 14.3 Å². The summed E-state index contributed by atoms with van der Waals surface area (Å²) in [6, 6.07) is -0.279. The number of aliphatic hydroxyl groups excluding tert-OH is 1. The van der Waals surface area contributed by atoms with Gasteiger partial charge in [0.15, 0.2) is 0 Å². The van der Waals surface area contributed by atoms with Crippen LogP contribution in [0.1, 0.15) is 34.6 Å². The molecule has 0 fully saturated rings. The molecule has 0 aromatic rings. The highest BCUT2D eigenvalue weighted by Gasteiger charge is 2.38. The Labute approximate surface area is 141 Å². The van der Waals surface area contributed by atoms with Crippen molar-refractivity contribution in [1.29, 1.82) is 0 Å². The summed E-state index contributed by atoms with van der Waals surface area (Å²) in [7, 11) is -1.76. The molecule has 0 aliphatic carbocycles. The summed E-state index contributed by atoms with van der Waals surface area (Å²) in [4.78, 5) is 14.2. The maximum Gasteiger partial charge on any atom is 0.411 e. The van der Waals surface area contributed by atoms with Gasteiger partial charge in [0.05, 0.1) is 25.0 Å². The minimum absolute atomic E-state index is 0.0487. The van der Waals surface area contributed by atoms with E-state index in [-0.39, 0.29) is 24.5 Å². The molecule has 5 nitrogen and oxygen atoms in total. The third-order valence-corrected chi connectivity index (χ3v) is 4.45. The van der Waals surface area contributed by atoms with Gasteiger partial charge in [0.25, 0.3) is 0 Å². The fourth-order valence-corrected chi connectivity index (χ4v) is 3.63. The molecule has 1 heterocycles. The molecule has 6 heteroatoms. The second kappa shape index (κ2) is 7.26. The fourth-order valence-electron chi connectivity index (χ4n) is 2.71. The first-order chi connectivity index (χ1) is 10.3. The van der Waals surface area contributed by atoms with Crippen LogP contribution in [0.5, 0.6) is 0 Å². The van der Waals surface area contributed by atoms with E-state index in [0.717, 1.165) is 5.76 Å². The first-order valence-corrected chi connectivity index (χ1v) is 11.7. The molecule has 1 N–H and O–H groups in total. The molecule has 1 aliphatic rings. The monoisotopic (exact) mass is 343 g/mol. The number of nitrogens with zero attached hydrogens (tertiary/aromatic N) is 1. The summed E-state index contributed by atoms with van der Waals surface area (Å²) in [5.41, 5.74) is -0.564. The van der Waals surface area contributed by atoms with Crippen molar-refractivity contribution >= 4 is 14.4 Å². The normalized spacial score (nSPS) is 22.9. The number of amides is 1. The van der Waals surface area contributed by atoms with Gasteiger partial charge >= 0.3 is 6.09 Å².